The van der Waals surface area contributed by atoms with Gasteiger partial charge in [-0.15, -0.1) is 10.2 Å². The van der Waals surface area contributed by atoms with Crippen LogP contribution in [0.1, 0.15) is 57.8 Å². The number of Topliss-reactive ketones (excluding diaryl/α,β-unsaturated/α-hetero) is 1. The van der Waals surface area contributed by atoms with E-state index in [9.17, 15) is 9.59 Å². The van der Waals surface area contributed by atoms with Gasteiger partial charge in [0, 0.05) is 43.0 Å². The maximum Gasteiger partial charge on any atom is 0.407 e. The standard InChI is InChI=1S/C33H41N5O3S/c1-6-37(7-2)28-18-16-25(17-19-28)29(39)23-42-31-36-35-30(27-15-14-24-12-8-9-13-26(24)22-27)38(31)21-11-10-20-34-32(40)41-33(3,4)5/h8-9,12-19,22H,6-7,10-11,20-21,23H2,1-5H3,(H,34,40). The van der Waals surface area contributed by atoms with E-state index in [4.69, 9.17) is 4.74 Å². The number of benzene rings is 3. The Morgan fingerprint density at radius 1 is 0.929 bits per heavy atom. The molecule has 0 aliphatic heterocycles. The third kappa shape index (κ3) is 8.35. The Morgan fingerprint density at radius 2 is 1.64 bits per heavy atom. The molecule has 4 aromatic rings. The van der Waals surface area contributed by atoms with Crippen LogP contribution in [-0.2, 0) is 11.3 Å². The van der Waals surface area contributed by atoms with E-state index in [0.29, 0.717) is 23.8 Å². The predicted octanol–water partition coefficient (Wildman–Crippen LogP) is 7.22. The molecule has 0 spiro atoms. The van der Waals surface area contributed by atoms with Crippen LogP contribution in [0.4, 0.5) is 10.5 Å². The van der Waals surface area contributed by atoms with Crippen molar-refractivity contribution in [1.82, 2.24) is 20.1 Å². The van der Waals surface area contributed by atoms with Crippen LogP contribution in [0.2, 0.25) is 0 Å². The van der Waals surface area contributed by atoms with Crippen molar-refractivity contribution < 1.29 is 14.3 Å². The maximum atomic E-state index is 13.1. The molecule has 9 heteroatoms. The number of unbranched alkanes of at least 4 members (excludes halogenated alkanes) is 1. The van der Waals surface area contributed by atoms with Crippen molar-refractivity contribution in [3.63, 3.8) is 0 Å². The van der Waals surface area contributed by atoms with Crippen LogP contribution >= 0.6 is 11.8 Å². The summed E-state index contributed by atoms with van der Waals surface area (Å²) < 4.78 is 7.41. The molecule has 4 rings (SSSR count). The summed E-state index contributed by atoms with van der Waals surface area (Å²) in [5.74, 6) is 1.08. The van der Waals surface area contributed by atoms with E-state index in [-0.39, 0.29) is 11.5 Å². The van der Waals surface area contributed by atoms with Crippen LogP contribution in [0.25, 0.3) is 22.2 Å². The number of nitrogens with zero attached hydrogens (tertiary/aromatic N) is 4. The number of ketones is 1. The number of carbonyl (C=O) groups excluding carboxylic acids is 2. The number of hydrogen-bond acceptors (Lipinski definition) is 7. The summed E-state index contributed by atoms with van der Waals surface area (Å²) in [7, 11) is 0. The highest BCUT2D eigenvalue weighted by Gasteiger charge is 2.18. The fraction of sp³-hybridized carbons (Fsp3) is 0.394. The number of thioether (sulfide) groups is 1. The number of nitrogens with one attached hydrogen (secondary N) is 1. The molecule has 0 fully saturated rings. The van der Waals surface area contributed by atoms with E-state index < -0.39 is 11.7 Å². The van der Waals surface area contributed by atoms with Gasteiger partial charge in [-0.3, -0.25) is 4.79 Å². The molecular formula is C33H41N5O3S. The van der Waals surface area contributed by atoms with E-state index in [1.165, 1.54) is 11.8 Å². The molecule has 1 amide bonds. The topological polar surface area (TPSA) is 89.4 Å². The average molecular weight is 588 g/mol. The van der Waals surface area contributed by atoms with Gasteiger partial charge >= 0.3 is 6.09 Å². The van der Waals surface area contributed by atoms with Crippen LogP contribution in [0, 0.1) is 0 Å². The number of aromatic nitrogens is 3. The van der Waals surface area contributed by atoms with E-state index >= 15 is 0 Å². The minimum atomic E-state index is -0.529. The normalized spacial score (nSPS) is 11.5. The van der Waals surface area contributed by atoms with Crippen molar-refractivity contribution in [2.45, 2.75) is 64.8 Å². The number of carbonyl (C=O) groups is 2. The Labute approximate surface area is 252 Å². The van der Waals surface area contributed by atoms with Gasteiger partial charge in [-0.05, 0) is 88.6 Å². The SMILES string of the molecule is CCN(CC)c1ccc(C(=O)CSc2nnc(-c3ccc4ccccc4c3)n2CCCCNC(=O)OC(C)(C)C)cc1. The largest absolute Gasteiger partial charge is 0.444 e. The van der Waals surface area contributed by atoms with Gasteiger partial charge in [-0.2, -0.15) is 0 Å². The smallest absolute Gasteiger partial charge is 0.407 e. The van der Waals surface area contributed by atoms with Crippen LogP contribution < -0.4 is 10.2 Å². The van der Waals surface area contributed by atoms with Crippen LogP contribution in [0.5, 0.6) is 0 Å². The van der Waals surface area contributed by atoms with Crippen molar-refractivity contribution in [1.29, 1.82) is 0 Å². The number of hydrogen-bond donors (Lipinski definition) is 1. The van der Waals surface area contributed by atoms with Crippen LogP contribution in [0.15, 0.2) is 71.9 Å². The highest BCUT2D eigenvalue weighted by atomic mass is 32.2. The highest BCUT2D eigenvalue weighted by molar-refractivity contribution is 7.99. The molecule has 0 aliphatic rings. The average Bonchev–Trinajstić information content (AvgIpc) is 3.38. The molecule has 0 bridgehead atoms. The van der Waals surface area contributed by atoms with Crippen molar-refractivity contribution in [2.75, 3.05) is 30.3 Å². The molecule has 0 atom stereocenters. The molecule has 1 aromatic heterocycles. The Bertz CT molecular complexity index is 1490. The van der Waals surface area contributed by atoms with Crippen LogP contribution in [-0.4, -0.2) is 57.6 Å². The minimum Gasteiger partial charge on any atom is -0.444 e. The fourth-order valence-corrected chi connectivity index (χ4v) is 5.56. The van der Waals surface area contributed by atoms with E-state index in [2.05, 4.69) is 69.2 Å². The van der Waals surface area contributed by atoms with Crippen molar-refractivity contribution in [3.05, 3.63) is 72.3 Å². The third-order valence-corrected chi connectivity index (χ3v) is 7.82. The second-order valence-electron chi connectivity index (χ2n) is 11.1. The van der Waals surface area contributed by atoms with Crippen molar-refractivity contribution in [3.8, 4) is 11.4 Å². The molecule has 8 nitrogen and oxygen atoms in total. The second kappa shape index (κ2) is 14.4. The molecule has 0 saturated heterocycles. The first-order chi connectivity index (χ1) is 20.2. The Kier molecular flexibility index (Phi) is 10.6. The van der Waals surface area contributed by atoms with Gasteiger partial charge in [-0.25, -0.2) is 4.79 Å². The molecule has 0 aliphatic carbocycles. The summed E-state index contributed by atoms with van der Waals surface area (Å²) in [6, 6.07) is 22.3. The number of ether oxygens (including phenoxy) is 1. The summed E-state index contributed by atoms with van der Waals surface area (Å²) in [4.78, 5) is 27.3. The third-order valence-electron chi connectivity index (χ3n) is 6.85. The molecule has 1 N–H and O–H groups in total. The first-order valence-corrected chi connectivity index (χ1v) is 15.6. The van der Waals surface area contributed by atoms with Gasteiger partial charge in [0.1, 0.15) is 5.60 Å². The highest BCUT2D eigenvalue weighted by Crippen LogP contribution is 2.28. The quantitative estimate of drug-likeness (QED) is 0.100. The maximum absolute atomic E-state index is 13.1. The lowest BCUT2D eigenvalue weighted by Gasteiger charge is -2.21. The first-order valence-electron chi connectivity index (χ1n) is 14.6. The van der Waals surface area contributed by atoms with Gasteiger partial charge in [0.25, 0.3) is 0 Å². The van der Waals surface area contributed by atoms with E-state index in [1.54, 1.807) is 0 Å². The molecule has 0 unspecified atom stereocenters. The van der Waals surface area contributed by atoms with Gasteiger partial charge < -0.3 is 19.5 Å². The van der Waals surface area contributed by atoms with Gasteiger partial charge in [0.15, 0.2) is 16.8 Å². The number of alkyl carbamates (subject to hydrolysis) is 1. The number of anilines is 1. The Hall–Kier alpha value is -3.85. The van der Waals surface area contributed by atoms with Crippen molar-refractivity contribution in [2.24, 2.45) is 0 Å². The lowest BCUT2D eigenvalue weighted by Crippen LogP contribution is -2.33. The Balaban J connectivity index is 1.46. The first kappa shape index (κ1) is 31.1. The number of fused-ring (bicyclic) bond motifs is 1. The van der Waals surface area contributed by atoms with E-state index in [0.717, 1.165) is 53.8 Å². The van der Waals surface area contributed by atoms with Crippen molar-refractivity contribution >= 4 is 40.1 Å². The zero-order valence-corrected chi connectivity index (χ0v) is 26.0. The monoisotopic (exact) mass is 587 g/mol. The van der Waals surface area contributed by atoms with Gasteiger partial charge in [-0.1, -0.05) is 48.2 Å². The van der Waals surface area contributed by atoms with Gasteiger partial charge in [0.05, 0.1) is 5.75 Å². The second-order valence-corrected chi connectivity index (χ2v) is 12.0. The molecule has 3 aromatic carbocycles. The molecular weight excluding hydrogens is 546 g/mol. The lowest BCUT2D eigenvalue weighted by molar-refractivity contribution is 0.0526. The summed E-state index contributed by atoms with van der Waals surface area (Å²) in [6.07, 6.45) is 1.14. The summed E-state index contributed by atoms with van der Waals surface area (Å²) in [5, 5.41) is 14.8. The number of amides is 1. The van der Waals surface area contributed by atoms with Crippen LogP contribution in [0.3, 0.4) is 0 Å². The van der Waals surface area contributed by atoms with Gasteiger partial charge in [0.2, 0.25) is 0 Å². The molecule has 0 radical (unpaired) electrons. The molecule has 1 heterocycles. The number of rotatable bonds is 13. The summed E-state index contributed by atoms with van der Waals surface area (Å²) >= 11 is 1.40. The lowest BCUT2D eigenvalue weighted by atomic mass is 10.1. The summed E-state index contributed by atoms with van der Waals surface area (Å²) in [5.41, 5.74) is 2.24. The fourth-order valence-electron chi connectivity index (χ4n) is 4.70. The molecule has 42 heavy (non-hydrogen) atoms. The summed E-state index contributed by atoms with van der Waals surface area (Å²) in [6.45, 7) is 12.8. The minimum absolute atomic E-state index is 0.0504. The zero-order valence-electron chi connectivity index (χ0n) is 25.2. The Morgan fingerprint density at radius 3 is 2.33 bits per heavy atom. The molecule has 0 saturated carbocycles. The predicted molar refractivity (Wildman–Crippen MR) is 171 cm³/mol. The van der Waals surface area contributed by atoms with E-state index in [1.807, 2.05) is 57.2 Å². The molecule has 222 valence electrons. The zero-order chi connectivity index (χ0) is 30.1.